The molecule has 1 nitrogen and oxygen atoms in total. The summed E-state index contributed by atoms with van der Waals surface area (Å²) in [5.41, 5.74) is 1.65. The van der Waals surface area contributed by atoms with Crippen molar-refractivity contribution in [2.75, 3.05) is 0 Å². The fourth-order valence-electron chi connectivity index (χ4n) is 4.05. The van der Waals surface area contributed by atoms with Crippen LogP contribution in [0.4, 0.5) is 0 Å². The van der Waals surface area contributed by atoms with E-state index in [-0.39, 0.29) is 0 Å². The fraction of sp³-hybridized carbons (Fsp3) is 0.0385. The van der Waals surface area contributed by atoms with Crippen LogP contribution in [0.3, 0.4) is 0 Å². The van der Waals surface area contributed by atoms with Gasteiger partial charge in [0, 0.05) is 0 Å². The molecule has 0 saturated heterocycles. The molecule has 0 aliphatic rings. The van der Waals surface area contributed by atoms with Gasteiger partial charge in [0.05, 0.1) is 0 Å². The summed E-state index contributed by atoms with van der Waals surface area (Å²) in [6.45, 7) is 0. The first kappa shape index (κ1) is 19.6. The third-order valence-corrected chi connectivity index (χ3v) is 12.7. The summed E-state index contributed by atoms with van der Waals surface area (Å²) in [6.07, 6.45) is 1.49. The first-order valence-corrected chi connectivity index (χ1v) is 12.9. The Hall–Kier alpha value is -2.73. The van der Waals surface area contributed by atoms with Crippen molar-refractivity contribution in [3.8, 4) is 0 Å². The first-order valence-electron chi connectivity index (χ1n) is 9.59. The number of rotatable bonds is 6. The SMILES string of the molecule is O=Cc1ccccc1CP(Cl)(c1ccccc1)(c1ccccc1)c1ccccc1. The van der Waals surface area contributed by atoms with Crippen LogP contribution < -0.4 is 15.9 Å². The molecule has 0 heterocycles. The Morgan fingerprint density at radius 3 is 1.38 bits per heavy atom. The predicted octanol–water partition coefficient (Wildman–Crippen LogP) is 5.68. The van der Waals surface area contributed by atoms with E-state index in [1.54, 1.807) is 0 Å². The maximum atomic E-state index is 11.8. The summed E-state index contributed by atoms with van der Waals surface area (Å²) in [5.74, 6) is -3.42. The van der Waals surface area contributed by atoms with Crippen molar-refractivity contribution < 1.29 is 4.79 Å². The molecule has 0 aromatic heterocycles. The van der Waals surface area contributed by atoms with Gasteiger partial charge in [-0.3, -0.25) is 0 Å². The molecule has 0 saturated carbocycles. The van der Waals surface area contributed by atoms with Crippen molar-refractivity contribution in [2.45, 2.75) is 6.16 Å². The van der Waals surface area contributed by atoms with Crippen LogP contribution in [-0.2, 0) is 6.16 Å². The molecule has 0 bridgehead atoms. The van der Waals surface area contributed by atoms with Crippen molar-refractivity contribution in [1.29, 1.82) is 0 Å². The minimum atomic E-state index is -3.42. The summed E-state index contributed by atoms with van der Waals surface area (Å²) in [6, 6.07) is 38.7. The van der Waals surface area contributed by atoms with E-state index in [2.05, 4.69) is 36.4 Å². The second-order valence-corrected chi connectivity index (χ2v) is 13.6. The van der Waals surface area contributed by atoms with E-state index in [4.69, 9.17) is 11.2 Å². The van der Waals surface area contributed by atoms with E-state index >= 15 is 0 Å². The van der Waals surface area contributed by atoms with Crippen LogP contribution >= 0.6 is 17.2 Å². The maximum absolute atomic E-state index is 11.8. The van der Waals surface area contributed by atoms with Gasteiger partial charge >= 0.3 is 177 Å². The van der Waals surface area contributed by atoms with Gasteiger partial charge in [-0.25, -0.2) is 0 Å². The van der Waals surface area contributed by atoms with E-state index in [0.717, 1.165) is 27.8 Å². The van der Waals surface area contributed by atoms with Crippen molar-refractivity contribution >= 4 is 39.4 Å². The summed E-state index contributed by atoms with van der Waals surface area (Å²) < 4.78 is 0. The zero-order valence-corrected chi connectivity index (χ0v) is 17.6. The summed E-state index contributed by atoms with van der Waals surface area (Å²) in [7, 11) is 0. The number of halogens is 1. The van der Waals surface area contributed by atoms with Crippen molar-refractivity contribution in [1.82, 2.24) is 0 Å². The molecule has 0 N–H and O–H groups in total. The second kappa shape index (κ2) is 7.95. The van der Waals surface area contributed by atoms with Crippen LogP contribution in [0.2, 0.25) is 0 Å². The summed E-state index contributed by atoms with van der Waals surface area (Å²) in [5, 5.41) is 3.29. The Morgan fingerprint density at radius 2 is 0.966 bits per heavy atom. The quantitative estimate of drug-likeness (QED) is 0.292. The van der Waals surface area contributed by atoms with E-state index in [0.29, 0.717) is 11.7 Å². The van der Waals surface area contributed by atoms with Crippen LogP contribution in [0.1, 0.15) is 15.9 Å². The van der Waals surface area contributed by atoms with Gasteiger partial charge in [0.2, 0.25) is 0 Å². The molecule has 0 spiro atoms. The Kier molecular flexibility index (Phi) is 5.37. The molecule has 0 aliphatic heterocycles. The van der Waals surface area contributed by atoms with Gasteiger partial charge < -0.3 is 0 Å². The standard InChI is InChI=1S/C26H22ClOP/c27-29(24-14-4-1-5-15-24,25-16-6-2-7-17-25,26-18-8-3-9-19-26)21-23-13-11-10-12-22(23)20-28/h1-20H,21H2. The number of hydrogen-bond acceptors (Lipinski definition) is 1. The molecule has 0 aliphatic carbocycles. The van der Waals surface area contributed by atoms with Crippen LogP contribution in [0, 0.1) is 0 Å². The molecular weight excluding hydrogens is 395 g/mol. The summed E-state index contributed by atoms with van der Waals surface area (Å²) >= 11 is 8.05. The monoisotopic (exact) mass is 416 g/mol. The Morgan fingerprint density at radius 1 is 0.586 bits per heavy atom. The third-order valence-electron chi connectivity index (χ3n) is 5.53. The van der Waals surface area contributed by atoms with Crippen LogP contribution in [-0.4, -0.2) is 6.29 Å². The molecule has 0 fully saturated rings. The average molecular weight is 417 g/mol. The van der Waals surface area contributed by atoms with Crippen molar-refractivity contribution in [3.63, 3.8) is 0 Å². The summed E-state index contributed by atoms with van der Waals surface area (Å²) in [4.78, 5) is 11.8. The molecule has 29 heavy (non-hydrogen) atoms. The van der Waals surface area contributed by atoms with Gasteiger partial charge in [-0.05, 0) is 0 Å². The van der Waals surface area contributed by atoms with Gasteiger partial charge in [0.25, 0.3) is 0 Å². The molecule has 144 valence electrons. The Bertz CT molecular complexity index is 1010. The fourth-order valence-corrected chi connectivity index (χ4v) is 10.2. The molecule has 0 radical (unpaired) electrons. The van der Waals surface area contributed by atoms with Gasteiger partial charge in [-0.15, -0.1) is 0 Å². The van der Waals surface area contributed by atoms with E-state index in [1.165, 1.54) is 0 Å². The third kappa shape index (κ3) is 3.31. The zero-order valence-electron chi connectivity index (χ0n) is 16.0. The molecule has 0 atom stereocenters. The predicted molar refractivity (Wildman–Crippen MR) is 127 cm³/mol. The van der Waals surface area contributed by atoms with Gasteiger partial charge in [0.15, 0.2) is 0 Å². The normalized spacial score (nSPS) is 12.7. The number of benzene rings is 4. The average Bonchev–Trinajstić information content (AvgIpc) is 2.81. The van der Waals surface area contributed by atoms with E-state index < -0.39 is 5.96 Å². The number of carbonyl (C=O) groups is 1. The van der Waals surface area contributed by atoms with Crippen molar-refractivity contribution in [3.05, 3.63) is 126 Å². The minimum absolute atomic E-state index is 0.570. The van der Waals surface area contributed by atoms with Crippen LogP contribution in [0.5, 0.6) is 0 Å². The number of aldehydes is 1. The molecule has 0 unspecified atom stereocenters. The van der Waals surface area contributed by atoms with Crippen molar-refractivity contribution in [2.24, 2.45) is 0 Å². The van der Waals surface area contributed by atoms with Gasteiger partial charge in [0.1, 0.15) is 0 Å². The van der Waals surface area contributed by atoms with Gasteiger partial charge in [-0.1, -0.05) is 0 Å². The van der Waals surface area contributed by atoms with Crippen LogP contribution in [0.15, 0.2) is 115 Å². The van der Waals surface area contributed by atoms with Gasteiger partial charge in [-0.2, -0.15) is 0 Å². The molecule has 0 amide bonds. The number of hydrogen-bond donors (Lipinski definition) is 0. The topological polar surface area (TPSA) is 17.1 Å². The van der Waals surface area contributed by atoms with Crippen LogP contribution in [0.25, 0.3) is 0 Å². The Labute approximate surface area is 176 Å². The molecule has 4 aromatic carbocycles. The Balaban J connectivity index is 2.11. The molecule has 4 aromatic rings. The molecule has 4 rings (SSSR count). The molecule has 3 heteroatoms. The number of carbonyl (C=O) groups excluding carboxylic acids is 1. The zero-order chi connectivity index (χ0) is 20.2. The molecular formula is C26H22ClOP. The second-order valence-electron chi connectivity index (χ2n) is 7.16. The first-order chi connectivity index (χ1) is 14.2. The van der Waals surface area contributed by atoms with E-state index in [9.17, 15) is 4.79 Å². The van der Waals surface area contributed by atoms with E-state index in [1.807, 2.05) is 78.9 Å².